The largest absolute Gasteiger partial charge is 0.480 e. The predicted octanol–water partition coefficient (Wildman–Crippen LogP) is 0.113. The lowest BCUT2D eigenvalue weighted by Gasteiger charge is -2.12. The van der Waals surface area contributed by atoms with Gasteiger partial charge in [-0.15, -0.1) is 0 Å². The SMILES string of the molecule is CC(C)C[C@@H](Br)C(=O)NCC(=O)NCC(=O)O. The number of carboxylic acids is 1. The second kappa shape index (κ2) is 8.05. The number of aliphatic carboxylic acids is 1. The van der Waals surface area contributed by atoms with Crippen LogP contribution < -0.4 is 10.6 Å². The van der Waals surface area contributed by atoms with E-state index in [1.807, 2.05) is 13.8 Å². The highest BCUT2D eigenvalue weighted by Crippen LogP contribution is 2.12. The van der Waals surface area contributed by atoms with Crippen molar-refractivity contribution in [3.05, 3.63) is 0 Å². The number of hydrogen-bond acceptors (Lipinski definition) is 3. The Morgan fingerprint density at radius 1 is 1.18 bits per heavy atom. The first-order valence-corrected chi connectivity index (χ1v) is 6.14. The molecule has 17 heavy (non-hydrogen) atoms. The Morgan fingerprint density at radius 2 is 1.76 bits per heavy atom. The summed E-state index contributed by atoms with van der Waals surface area (Å²) in [5, 5.41) is 12.9. The number of halogens is 1. The maximum atomic E-state index is 11.5. The van der Waals surface area contributed by atoms with E-state index in [0.29, 0.717) is 12.3 Å². The highest BCUT2D eigenvalue weighted by Gasteiger charge is 2.16. The molecule has 98 valence electrons. The van der Waals surface area contributed by atoms with Gasteiger partial charge in [0.2, 0.25) is 11.8 Å². The molecule has 0 aliphatic rings. The fraction of sp³-hybridized carbons (Fsp3) is 0.700. The molecular formula is C10H17BrN2O4. The minimum atomic E-state index is -1.12. The molecule has 0 fully saturated rings. The Morgan fingerprint density at radius 3 is 2.24 bits per heavy atom. The lowest BCUT2D eigenvalue weighted by atomic mass is 10.1. The zero-order chi connectivity index (χ0) is 13.4. The minimum absolute atomic E-state index is 0.216. The van der Waals surface area contributed by atoms with Crippen LogP contribution in [-0.2, 0) is 14.4 Å². The third-order valence-corrected chi connectivity index (χ3v) is 2.61. The molecule has 0 saturated carbocycles. The molecule has 0 aromatic rings. The van der Waals surface area contributed by atoms with Gasteiger partial charge in [0.1, 0.15) is 6.54 Å². The van der Waals surface area contributed by atoms with Crippen molar-refractivity contribution in [3.63, 3.8) is 0 Å². The Hall–Kier alpha value is -1.11. The van der Waals surface area contributed by atoms with Crippen molar-refractivity contribution in [2.75, 3.05) is 13.1 Å². The molecule has 0 bridgehead atoms. The Balaban J connectivity index is 3.83. The van der Waals surface area contributed by atoms with Crippen LogP contribution in [0.3, 0.4) is 0 Å². The van der Waals surface area contributed by atoms with Crippen LogP contribution in [-0.4, -0.2) is 40.8 Å². The number of hydrogen-bond donors (Lipinski definition) is 3. The van der Waals surface area contributed by atoms with E-state index in [9.17, 15) is 14.4 Å². The van der Waals surface area contributed by atoms with Crippen molar-refractivity contribution in [1.82, 2.24) is 10.6 Å². The van der Waals surface area contributed by atoms with Gasteiger partial charge in [0.05, 0.1) is 11.4 Å². The van der Waals surface area contributed by atoms with E-state index in [2.05, 4.69) is 26.6 Å². The smallest absolute Gasteiger partial charge is 0.322 e. The highest BCUT2D eigenvalue weighted by molar-refractivity contribution is 9.10. The van der Waals surface area contributed by atoms with Gasteiger partial charge >= 0.3 is 5.97 Å². The molecule has 0 spiro atoms. The molecular weight excluding hydrogens is 292 g/mol. The molecule has 0 rings (SSSR count). The number of rotatable bonds is 7. The van der Waals surface area contributed by atoms with Crippen LogP contribution in [0.25, 0.3) is 0 Å². The summed E-state index contributed by atoms with van der Waals surface area (Å²) < 4.78 is 0. The average Bonchev–Trinajstić information content (AvgIpc) is 2.21. The first kappa shape index (κ1) is 15.9. The van der Waals surface area contributed by atoms with Gasteiger partial charge in [0.25, 0.3) is 0 Å². The van der Waals surface area contributed by atoms with Crippen LogP contribution in [0.4, 0.5) is 0 Å². The van der Waals surface area contributed by atoms with Crippen LogP contribution in [0.1, 0.15) is 20.3 Å². The lowest BCUT2D eigenvalue weighted by molar-refractivity contribution is -0.137. The summed E-state index contributed by atoms with van der Waals surface area (Å²) in [6, 6.07) is 0. The fourth-order valence-corrected chi connectivity index (χ4v) is 1.95. The third kappa shape index (κ3) is 8.67. The van der Waals surface area contributed by atoms with Crippen LogP contribution in [0.15, 0.2) is 0 Å². The van der Waals surface area contributed by atoms with Gasteiger partial charge in [-0.2, -0.15) is 0 Å². The first-order valence-electron chi connectivity index (χ1n) is 5.23. The molecule has 3 N–H and O–H groups in total. The van der Waals surface area contributed by atoms with E-state index in [-0.39, 0.29) is 17.3 Å². The van der Waals surface area contributed by atoms with Crippen molar-refractivity contribution in [3.8, 4) is 0 Å². The number of nitrogens with one attached hydrogen (secondary N) is 2. The van der Waals surface area contributed by atoms with Gasteiger partial charge in [-0.25, -0.2) is 0 Å². The summed E-state index contributed by atoms with van der Waals surface area (Å²) >= 11 is 3.22. The number of amides is 2. The quantitative estimate of drug-likeness (QED) is 0.582. The molecule has 0 aromatic heterocycles. The van der Waals surface area contributed by atoms with Crippen LogP contribution in [0.5, 0.6) is 0 Å². The summed E-state index contributed by atoms with van der Waals surface area (Å²) in [5.41, 5.74) is 0. The van der Waals surface area contributed by atoms with Crippen LogP contribution >= 0.6 is 15.9 Å². The first-order chi connectivity index (χ1) is 7.82. The molecule has 6 nitrogen and oxygen atoms in total. The Labute approximate surface area is 108 Å². The second-order valence-corrected chi connectivity index (χ2v) is 5.09. The van der Waals surface area contributed by atoms with Crippen molar-refractivity contribution in [2.24, 2.45) is 5.92 Å². The summed E-state index contributed by atoms with van der Waals surface area (Å²) in [5.74, 6) is -1.55. The second-order valence-electron chi connectivity index (χ2n) is 3.99. The van der Waals surface area contributed by atoms with E-state index in [4.69, 9.17) is 5.11 Å². The lowest BCUT2D eigenvalue weighted by Crippen LogP contribution is -2.41. The molecule has 1 atom stereocenters. The fourth-order valence-electron chi connectivity index (χ4n) is 1.04. The average molecular weight is 309 g/mol. The summed E-state index contributed by atoms with van der Waals surface area (Å²) in [6.07, 6.45) is 0.669. The predicted molar refractivity (Wildman–Crippen MR) is 65.8 cm³/mol. The maximum Gasteiger partial charge on any atom is 0.322 e. The van der Waals surface area contributed by atoms with Gasteiger partial charge in [0.15, 0.2) is 0 Å². The van der Waals surface area contributed by atoms with Gasteiger partial charge in [-0.05, 0) is 12.3 Å². The Bertz CT molecular complexity index is 294. The highest BCUT2D eigenvalue weighted by atomic mass is 79.9. The normalized spacial score (nSPS) is 12.0. The standard InChI is InChI=1S/C10H17BrN2O4/c1-6(2)3-7(11)10(17)13-4-8(14)12-5-9(15)16/h6-7H,3-5H2,1-2H3,(H,12,14)(H,13,17)(H,15,16)/t7-/m1/s1. The van der Waals surface area contributed by atoms with Crippen molar-refractivity contribution in [1.29, 1.82) is 0 Å². The van der Waals surface area contributed by atoms with E-state index in [1.54, 1.807) is 0 Å². The molecule has 0 aliphatic heterocycles. The van der Waals surface area contributed by atoms with E-state index in [0.717, 1.165) is 0 Å². The van der Waals surface area contributed by atoms with Crippen LogP contribution in [0.2, 0.25) is 0 Å². The van der Waals surface area contributed by atoms with Crippen molar-refractivity contribution >= 4 is 33.7 Å². The van der Waals surface area contributed by atoms with Gasteiger partial charge < -0.3 is 15.7 Å². The topological polar surface area (TPSA) is 95.5 Å². The molecule has 2 amide bonds. The molecule has 0 heterocycles. The van der Waals surface area contributed by atoms with E-state index in [1.165, 1.54) is 0 Å². The zero-order valence-electron chi connectivity index (χ0n) is 9.83. The Kier molecular flexibility index (Phi) is 7.53. The van der Waals surface area contributed by atoms with E-state index >= 15 is 0 Å². The van der Waals surface area contributed by atoms with Gasteiger partial charge in [0, 0.05) is 0 Å². The van der Waals surface area contributed by atoms with Crippen molar-refractivity contribution < 1.29 is 19.5 Å². The van der Waals surface area contributed by atoms with Gasteiger partial charge in [-0.1, -0.05) is 29.8 Å². The minimum Gasteiger partial charge on any atom is -0.480 e. The number of carboxylic acid groups (broad SMARTS) is 1. The van der Waals surface area contributed by atoms with E-state index < -0.39 is 18.4 Å². The summed E-state index contributed by atoms with van der Waals surface area (Å²) in [4.78, 5) is 32.4. The van der Waals surface area contributed by atoms with Crippen molar-refractivity contribution in [2.45, 2.75) is 25.1 Å². The zero-order valence-corrected chi connectivity index (χ0v) is 11.4. The number of carbonyl (C=O) groups is 3. The number of alkyl halides is 1. The summed E-state index contributed by atoms with van der Waals surface area (Å²) in [7, 11) is 0. The van der Waals surface area contributed by atoms with Crippen LogP contribution in [0, 0.1) is 5.92 Å². The molecule has 0 aromatic carbocycles. The van der Waals surface area contributed by atoms with Gasteiger partial charge in [-0.3, -0.25) is 14.4 Å². The maximum absolute atomic E-state index is 11.5. The molecule has 0 saturated heterocycles. The molecule has 0 radical (unpaired) electrons. The molecule has 0 unspecified atom stereocenters. The number of carbonyl (C=O) groups excluding carboxylic acids is 2. The monoisotopic (exact) mass is 308 g/mol. The molecule has 0 aliphatic carbocycles. The molecule has 7 heteroatoms. The third-order valence-electron chi connectivity index (χ3n) is 1.82. The summed E-state index contributed by atoms with van der Waals surface area (Å²) in [6.45, 7) is 3.31.